The fourth-order valence-electron chi connectivity index (χ4n) is 9.38. The van der Waals surface area contributed by atoms with Crippen molar-refractivity contribution >= 4 is 23.6 Å². The summed E-state index contributed by atoms with van der Waals surface area (Å²) in [5.74, 6) is -0.226. The van der Waals surface area contributed by atoms with Gasteiger partial charge in [0.2, 0.25) is 0 Å². The average Bonchev–Trinajstić information content (AvgIpc) is 3.82. The summed E-state index contributed by atoms with van der Waals surface area (Å²) in [5, 5.41) is 36.6. The summed E-state index contributed by atoms with van der Waals surface area (Å²) in [6, 6.07) is 34.6. The summed E-state index contributed by atoms with van der Waals surface area (Å²) in [7, 11) is 0. The van der Waals surface area contributed by atoms with Crippen LogP contribution in [0.15, 0.2) is 134 Å². The van der Waals surface area contributed by atoms with Crippen LogP contribution in [0.1, 0.15) is 97.5 Å². The summed E-state index contributed by atoms with van der Waals surface area (Å²) in [6.07, 6.45) is 7.65. The van der Waals surface area contributed by atoms with E-state index < -0.39 is 23.4 Å². The molecule has 6 aromatic carbocycles. The van der Waals surface area contributed by atoms with Gasteiger partial charge in [0.1, 0.15) is 46.3 Å². The van der Waals surface area contributed by atoms with E-state index in [0.29, 0.717) is 70.2 Å². The Morgan fingerprint density at radius 1 is 0.754 bits per heavy atom. The predicted molar refractivity (Wildman–Crippen MR) is 252 cm³/mol. The monoisotopic (exact) mass is 927 g/mol. The lowest BCUT2D eigenvalue weighted by Gasteiger charge is -2.36. The molecule has 0 aliphatic carbocycles. The molecule has 0 radical (unpaired) electrons. The second kappa shape index (κ2) is 18.8. The largest absolute Gasteiger partial charge is 0.508 e. The Labute approximate surface area is 396 Å². The second-order valence-electron chi connectivity index (χ2n) is 17.5. The third-order valence-electron chi connectivity index (χ3n) is 12.8. The van der Waals surface area contributed by atoms with E-state index in [1.54, 1.807) is 77.5 Å². The number of carbonyl (C=O) groups is 3. The number of hydrogen-bond donors (Lipinski definition) is 5. The molecule has 0 fully saturated rings. The number of phenols is 3. The second-order valence-corrected chi connectivity index (χ2v) is 17.5. The molecular weight excluding hydrogens is 880 g/mol. The van der Waals surface area contributed by atoms with Crippen LogP contribution < -0.4 is 24.7 Å². The standard InChI is InChI=1S/C55H47FN4O9/c56-44-26-34(28-46-53(65)60-32-47(35-13-16-37(61)17-14-35)58-45(51(60)59-46)27-33-10-6-5-7-11-33)12-23-48(44)67-25-9-4-2-1-3-8-24-57-52(64)36-15-20-40-43(29-36)55(69-54(40)66)41-21-18-38(62)30-49(41)68-50-31-39(63)19-22-42(50)55/h5-7,10-23,26,29-32,46H,1-4,8-9,24-25,27-28H2,(H4,57,61,62,63,64)/p+1. The number of ether oxygens (including phenoxy) is 3. The number of anilines is 1. The molecule has 69 heavy (non-hydrogen) atoms. The van der Waals surface area contributed by atoms with E-state index in [9.17, 15) is 29.7 Å². The maximum atomic E-state index is 15.3. The fourth-order valence-corrected chi connectivity index (χ4v) is 9.38. The summed E-state index contributed by atoms with van der Waals surface area (Å²) in [6.45, 7) is 0.813. The molecule has 0 saturated carbocycles. The molecule has 14 heteroatoms. The number of hydrogen-bond acceptors (Lipinski definition) is 11. The van der Waals surface area contributed by atoms with Crippen molar-refractivity contribution in [2.75, 3.05) is 18.5 Å². The zero-order chi connectivity index (χ0) is 47.6. The Kier molecular flexibility index (Phi) is 12.1. The highest BCUT2D eigenvalue weighted by Crippen LogP contribution is 2.57. The maximum Gasteiger partial charge on any atom is 0.359 e. The minimum absolute atomic E-state index is 0.0495. The van der Waals surface area contributed by atoms with Crippen LogP contribution in [0.4, 0.5) is 10.2 Å². The van der Waals surface area contributed by atoms with Gasteiger partial charge in [-0.25, -0.2) is 19.0 Å². The molecule has 4 heterocycles. The van der Waals surface area contributed by atoms with E-state index >= 15 is 4.39 Å². The van der Waals surface area contributed by atoms with Gasteiger partial charge in [-0.1, -0.05) is 62.1 Å². The molecule has 1 amide bonds. The van der Waals surface area contributed by atoms with Crippen molar-refractivity contribution in [2.24, 2.45) is 0 Å². The Morgan fingerprint density at radius 3 is 2.17 bits per heavy atom. The highest BCUT2D eigenvalue weighted by molar-refractivity contribution is 6.00. The van der Waals surface area contributed by atoms with Crippen LogP contribution in [-0.2, 0) is 23.2 Å². The van der Waals surface area contributed by atoms with Gasteiger partial charge < -0.3 is 34.8 Å². The number of halogens is 1. The Bertz CT molecular complexity index is 3070. The van der Waals surface area contributed by atoms with Crippen molar-refractivity contribution in [1.29, 1.82) is 0 Å². The summed E-state index contributed by atoms with van der Waals surface area (Å²) >= 11 is 0. The molecule has 1 unspecified atom stereocenters. The number of benzene rings is 6. The number of esters is 1. The fraction of sp³-hybridized carbons (Fsp3) is 0.218. The molecule has 1 atom stereocenters. The van der Waals surface area contributed by atoms with Gasteiger partial charge in [-0.05, 0) is 103 Å². The molecule has 7 aromatic rings. The molecule has 13 nitrogen and oxygen atoms in total. The van der Waals surface area contributed by atoms with Gasteiger partial charge in [0.25, 0.3) is 5.91 Å². The molecule has 0 saturated heterocycles. The van der Waals surface area contributed by atoms with Crippen LogP contribution in [0.2, 0.25) is 0 Å². The quantitative estimate of drug-likeness (QED) is 0.0354. The first-order valence-corrected chi connectivity index (χ1v) is 23.1. The lowest BCUT2D eigenvalue weighted by atomic mass is 9.77. The van der Waals surface area contributed by atoms with E-state index in [1.165, 1.54) is 30.3 Å². The smallest absolute Gasteiger partial charge is 0.359 e. The first-order chi connectivity index (χ1) is 33.5. The van der Waals surface area contributed by atoms with Gasteiger partial charge in [-0.15, -0.1) is 0 Å². The molecule has 348 valence electrons. The van der Waals surface area contributed by atoms with E-state index in [-0.39, 0.29) is 52.7 Å². The lowest BCUT2D eigenvalue weighted by molar-refractivity contribution is -0.552. The highest BCUT2D eigenvalue weighted by Gasteiger charge is 2.54. The Balaban J connectivity index is 0.679. The van der Waals surface area contributed by atoms with Gasteiger partial charge in [0.05, 0.1) is 12.2 Å². The number of carbonyl (C=O) groups excluding carboxylic acids is 3. The highest BCUT2D eigenvalue weighted by atomic mass is 19.1. The minimum atomic E-state index is -1.46. The third kappa shape index (κ3) is 8.88. The van der Waals surface area contributed by atoms with Crippen molar-refractivity contribution in [2.45, 2.75) is 63.0 Å². The first kappa shape index (κ1) is 44.6. The van der Waals surface area contributed by atoms with Crippen molar-refractivity contribution in [1.82, 2.24) is 10.3 Å². The lowest BCUT2D eigenvalue weighted by Crippen LogP contribution is -2.44. The maximum absolute atomic E-state index is 15.3. The van der Waals surface area contributed by atoms with Crippen LogP contribution in [0.5, 0.6) is 34.5 Å². The summed E-state index contributed by atoms with van der Waals surface area (Å²) in [5.41, 5.74) is 4.34. The average molecular weight is 928 g/mol. The van der Waals surface area contributed by atoms with Crippen LogP contribution in [0.25, 0.3) is 11.3 Å². The molecule has 3 aliphatic rings. The van der Waals surface area contributed by atoms with Gasteiger partial charge >= 0.3 is 17.7 Å². The number of rotatable bonds is 16. The predicted octanol–water partition coefficient (Wildman–Crippen LogP) is 9.28. The Hall–Kier alpha value is -8.26. The van der Waals surface area contributed by atoms with Crippen LogP contribution in [0.3, 0.4) is 0 Å². The third-order valence-corrected chi connectivity index (χ3v) is 12.8. The van der Waals surface area contributed by atoms with Gasteiger partial charge in [-0.2, -0.15) is 4.57 Å². The number of aromatic hydroxyl groups is 3. The van der Waals surface area contributed by atoms with Gasteiger partial charge in [-0.3, -0.25) is 10.1 Å². The molecule has 5 N–H and O–H groups in total. The number of nitrogens with one attached hydrogen (secondary N) is 2. The first-order valence-electron chi connectivity index (χ1n) is 23.1. The summed E-state index contributed by atoms with van der Waals surface area (Å²) < 4.78 is 34.9. The summed E-state index contributed by atoms with van der Waals surface area (Å²) in [4.78, 5) is 45.4. The normalized spacial score (nSPS) is 14.8. The van der Waals surface area contributed by atoms with E-state index in [2.05, 4.69) is 10.6 Å². The van der Waals surface area contributed by atoms with Gasteiger partial charge in [0.15, 0.2) is 23.2 Å². The van der Waals surface area contributed by atoms with Gasteiger partial charge in [0, 0.05) is 59.3 Å². The zero-order valence-corrected chi connectivity index (χ0v) is 37.4. The van der Waals surface area contributed by atoms with Crippen LogP contribution in [0, 0.1) is 5.82 Å². The molecule has 10 rings (SSSR count). The number of aromatic nitrogens is 2. The van der Waals surface area contributed by atoms with E-state index in [4.69, 9.17) is 19.2 Å². The number of phenolic OH excluding ortho intramolecular Hbond substituents is 3. The number of unbranched alkanes of at least 4 members (excludes halogenated alkanes) is 5. The zero-order valence-electron chi connectivity index (χ0n) is 37.4. The molecule has 0 bridgehead atoms. The minimum Gasteiger partial charge on any atom is -0.508 e. The molecule has 1 spiro atoms. The van der Waals surface area contributed by atoms with Crippen molar-refractivity contribution < 1.29 is 52.9 Å². The van der Waals surface area contributed by atoms with Crippen molar-refractivity contribution in [3.8, 4) is 45.8 Å². The van der Waals surface area contributed by atoms with E-state index in [0.717, 1.165) is 49.7 Å². The van der Waals surface area contributed by atoms with Crippen LogP contribution >= 0.6 is 0 Å². The number of nitrogens with zero attached hydrogens (tertiary/aromatic N) is 2. The van der Waals surface area contributed by atoms with Crippen LogP contribution in [-0.4, -0.2) is 57.3 Å². The number of amides is 1. The topological polar surface area (TPSA) is 180 Å². The molecule has 1 aromatic heterocycles. The number of fused-ring (bicyclic) bond motifs is 7. The molecular formula is C55H48FN4O9+. The Morgan fingerprint density at radius 2 is 1.45 bits per heavy atom. The molecule has 3 aliphatic heterocycles. The van der Waals surface area contributed by atoms with Crippen molar-refractivity contribution in [3.05, 3.63) is 184 Å². The van der Waals surface area contributed by atoms with E-state index in [1.807, 2.05) is 30.3 Å². The SMILES string of the molecule is O=C(NCCCCCCCCOc1ccc(CC2Nc3c(Cc4ccccc4)nc(-c4ccc(O)cc4)c[n+]3C2=O)cc1F)c1ccc2c(c1)C1(OC2=O)c2ccc(O)cc2Oc2cc(O)ccc21. The van der Waals surface area contributed by atoms with Crippen molar-refractivity contribution in [3.63, 3.8) is 0 Å².